The first-order chi connectivity index (χ1) is 9.51. The number of rotatable bonds is 6. The fourth-order valence-corrected chi connectivity index (χ4v) is 2.92. The highest BCUT2D eigenvalue weighted by atomic mass is 32.2. The van der Waals surface area contributed by atoms with Crippen molar-refractivity contribution in [2.45, 2.75) is 18.8 Å². The van der Waals surface area contributed by atoms with Gasteiger partial charge in [-0.15, -0.1) is 0 Å². The van der Waals surface area contributed by atoms with E-state index in [0.717, 1.165) is 11.1 Å². The van der Waals surface area contributed by atoms with Gasteiger partial charge in [-0.2, -0.15) is 9.40 Å². The van der Waals surface area contributed by atoms with Gasteiger partial charge in [0.2, 0.25) is 10.0 Å². The van der Waals surface area contributed by atoms with E-state index in [-0.39, 0.29) is 12.3 Å². The summed E-state index contributed by atoms with van der Waals surface area (Å²) in [5.41, 5.74) is 7.19. The number of hydrogen-bond donors (Lipinski definition) is 2. The summed E-state index contributed by atoms with van der Waals surface area (Å²) < 4.78 is 25.8. The molecule has 0 spiro atoms. The molecule has 0 saturated carbocycles. The normalized spacial score (nSPS) is 11.9. The summed E-state index contributed by atoms with van der Waals surface area (Å²) in [5.74, 6) is 0.442. The molecule has 7 nitrogen and oxygen atoms in total. The van der Waals surface area contributed by atoms with E-state index < -0.39 is 10.0 Å². The fourth-order valence-electron chi connectivity index (χ4n) is 1.78. The zero-order valence-corrected chi connectivity index (χ0v) is 12.0. The van der Waals surface area contributed by atoms with Crippen LogP contribution in [0.5, 0.6) is 0 Å². The molecule has 2 aromatic rings. The molecule has 2 rings (SSSR count). The molecule has 1 heterocycles. The lowest BCUT2D eigenvalue weighted by Crippen LogP contribution is -2.28. The molecule has 0 aliphatic carbocycles. The number of nitrogens with two attached hydrogens (primary N) is 1. The van der Waals surface area contributed by atoms with Gasteiger partial charge in [-0.1, -0.05) is 24.3 Å². The average molecular weight is 295 g/mol. The minimum absolute atomic E-state index is 0.0640. The average Bonchev–Trinajstić information content (AvgIpc) is 2.91. The van der Waals surface area contributed by atoms with Gasteiger partial charge < -0.3 is 5.73 Å². The van der Waals surface area contributed by atoms with Crippen LogP contribution in [0.3, 0.4) is 0 Å². The van der Waals surface area contributed by atoms with Crippen molar-refractivity contribution in [3.63, 3.8) is 0 Å². The maximum Gasteiger partial charge on any atom is 0.218 e. The number of aromatic nitrogens is 3. The van der Waals surface area contributed by atoms with Gasteiger partial charge in [-0.05, 0) is 11.1 Å². The van der Waals surface area contributed by atoms with Crippen molar-refractivity contribution in [3.8, 4) is 0 Å². The highest BCUT2D eigenvalue weighted by molar-refractivity contribution is 7.88. The number of nitrogens with zero attached hydrogens (tertiary/aromatic N) is 3. The molecule has 0 fully saturated rings. The van der Waals surface area contributed by atoms with Crippen LogP contribution in [-0.2, 0) is 28.9 Å². The van der Waals surface area contributed by atoms with Gasteiger partial charge in [0.25, 0.3) is 0 Å². The Morgan fingerprint density at radius 3 is 2.75 bits per heavy atom. The van der Waals surface area contributed by atoms with Crippen LogP contribution in [0.1, 0.15) is 17.0 Å². The van der Waals surface area contributed by atoms with Crippen molar-refractivity contribution in [3.05, 3.63) is 47.5 Å². The van der Waals surface area contributed by atoms with Gasteiger partial charge in [0.1, 0.15) is 12.2 Å². The summed E-state index contributed by atoms with van der Waals surface area (Å²) in [4.78, 5) is 3.91. The summed E-state index contributed by atoms with van der Waals surface area (Å²) in [6.07, 6.45) is 1.35. The molecule has 1 aromatic heterocycles. The van der Waals surface area contributed by atoms with Crippen LogP contribution >= 0.6 is 0 Å². The molecule has 0 amide bonds. The van der Waals surface area contributed by atoms with Gasteiger partial charge in [0.15, 0.2) is 0 Å². The van der Waals surface area contributed by atoms with Gasteiger partial charge in [0.05, 0.1) is 12.3 Å². The van der Waals surface area contributed by atoms with E-state index in [9.17, 15) is 8.42 Å². The van der Waals surface area contributed by atoms with Crippen molar-refractivity contribution < 1.29 is 8.42 Å². The standard InChI is InChI=1S/C12H17N5O2S/c1-17(7-12-14-9-15-16-12)20(18,19)8-11-4-2-3-10(5-11)6-13/h2-5,9H,6-8,13H2,1H3,(H,14,15,16). The predicted octanol–water partition coefficient (Wildman–Crippen LogP) is 0.225. The summed E-state index contributed by atoms with van der Waals surface area (Å²) in [7, 11) is -1.89. The molecule has 20 heavy (non-hydrogen) atoms. The molecular formula is C12H17N5O2S. The topological polar surface area (TPSA) is 105 Å². The van der Waals surface area contributed by atoms with E-state index in [0.29, 0.717) is 12.4 Å². The van der Waals surface area contributed by atoms with Crippen molar-refractivity contribution in [1.82, 2.24) is 19.5 Å². The molecular weight excluding hydrogens is 278 g/mol. The van der Waals surface area contributed by atoms with Gasteiger partial charge in [0, 0.05) is 13.6 Å². The Kier molecular flexibility index (Phi) is 4.48. The smallest absolute Gasteiger partial charge is 0.218 e. The minimum Gasteiger partial charge on any atom is -0.326 e. The van der Waals surface area contributed by atoms with Gasteiger partial charge >= 0.3 is 0 Å². The monoisotopic (exact) mass is 295 g/mol. The molecule has 0 radical (unpaired) electrons. The van der Waals surface area contributed by atoms with E-state index in [4.69, 9.17) is 5.73 Å². The van der Waals surface area contributed by atoms with Crippen LogP contribution in [0.25, 0.3) is 0 Å². The Morgan fingerprint density at radius 2 is 2.10 bits per heavy atom. The van der Waals surface area contributed by atoms with Crippen molar-refractivity contribution in [1.29, 1.82) is 0 Å². The first-order valence-corrected chi connectivity index (χ1v) is 7.68. The van der Waals surface area contributed by atoms with Gasteiger partial charge in [-0.3, -0.25) is 5.10 Å². The zero-order chi connectivity index (χ0) is 14.6. The molecule has 0 atom stereocenters. The molecule has 3 N–H and O–H groups in total. The molecule has 0 saturated heterocycles. The Morgan fingerprint density at radius 1 is 1.35 bits per heavy atom. The maximum atomic E-state index is 12.3. The highest BCUT2D eigenvalue weighted by Crippen LogP contribution is 2.12. The molecule has 8 heteroatoms. The van der Waals surface area contributed by atoms with Crippen LogP contribution in [-0.4, -0.2) is 35.0 Å². The highest BCUT2D eigenvalue weighted by Gasteiger charge is 2.19. The molecule has 0 aliphatic rings. The lowest BCUT2D eigenvalue weighted by Gasteiger charge is -2.16. The Balaban J connectivity index is 2.09. The molecule has 0 unspecified atom stereocenters. The number of hydrogen-bond acceptors (Lipinski definition) is 5. The number of sulfonamides is 1. The van der Waals surface area contributed by atoms with Crippen molar-refractivity contribution in [2.24, 2.45) is 5.73 Å². The Hall–Kier alpha value is -1.77. The third kappa shape index (κ3) is 3.62. The quantitative estimate of drug-likeness (QED) is 0.793. The van der Waals surface area contributed by atoms with E-state index in [1.807, 2.05) is 12.1 Å². The second-order valence-corrected chi connectivity index (χ2v) is 6.54. The molecule has 108 valence electrons. The van der Waals surface area contributed by atoms with Crippen LogP contribution in [0.15, 0.2) is 30.6 Å². The third-order valence-electron chi connectivity index (χ3n) is 2.89. The second kappa shape index (κ2) is 6.12. The van der Waals surface area contributed by atoms with E-state index in [1.165, 1.54) is 17.7 Å². The number of H-pyrrole nitrogens is 1. The lowest BCUT2D eigenvalue weighted by atomic mass is 10.1. The predicted molar refractivity (Wildman–Crippen MR) is 74.8 cm³/mol. The number of nitrogens with one attached hydrogen (secondary N) is 1. The van der Waals surface area contributed by atoms with E-state index in [1.54, 1.807) is 12.1 Å². The SMILES string of the molecule is CN(Cc1ncn[nH]1)S(=O)(=O)Cc1cccc(CN)c1. The van der Waals surface area contributed by atoms with Crippen LogP contribution < -0.4 is 5.73 Å². The minimum atomic E-state index is -3.41. The summed E-state index contributed by atoms with van der Waals surface area (Å²) in [5, 5.41) is 6.33. The zero-order valence-electron chi connectivity index (χ0n) is 11.2. The Labute approximate surface area is 117 Å². The first-order valence-electron chi connectivity index (χ1n) is 6.07. The summed E-state index contributed by atoms with van der Waals surface area (Å²) in [6, 6.07) is 7.26. The summed E-state index contributed by atoms with van der Waals surface area (Å²) in [6.45, 7) is 0.556. The largest absolute Gasteiger partial charge is 0.326 e. The maximum absolute atomic E-state index is 12.3. The lowest BCUT2D eigenvalue weighted by molar-refractivity contribution is 0.456. The van der Waals surface area contributed by atoms with Crippen LogP contribution in [0, 0.1) is 0 Å². The van der Waals surface area contributed by atoms with E-state index >= 15 is 0 Å². The third-order valence-corrected chi connectivity index (χ3v) is 4.67. The van der Waals surface area contributed by atoms with Crippen LogP contribution in [0.4, 0.5) is 0 Å². The second-order valence-electron chi connectivity index (χ2n) is 4.47. The van der Waals surface area contributed by atoms with Crippen molar-refractivity contribution >= 4 is 10.0 Å². The van der Waals surface area contributed by atoms with E-state index in [2.05, 4.69) is 15.2 Å². The fraction of sp³-hybridized carbons (Fsp3) is 0.333. The summed E-state index contributed by atoms with van der Waals surface area (Å²) >= 11 is 0. The van der Waals surface area contributed by atoms with Crippen LogP contribution in [0.2, 0.25) is 0 Å². The number of benzene rings is 1. The molecule has 0 aliphatic heterocycles. The van der Waals surface area contributed by atoms with Crippen molar-refractivity contribution in [2.75, 3.05) is 7.05 Å². The molecule has 0 bridgehead atoms. The molecule has 1 aromatic carbocycles. The number of aromatic amines is 1. The van der Waals surface area contributed by atoms with Gasteiger partial charge in [-0.25, -0.2) is 13.4 Å². The first kappa shape index (κ1) is 14.6. The Bertz CT molecular complexity index is 654.